The molecule has 3 atom stereocenters. The predicted octanol–water partition coefficient (Wildman–Crippen LogP) is 4.37. The lowest BCUT2D eigenvalue weighted by molar-refractivity contribution is -0.140. The molecule has 1 rings (SSSR count). The Bertz CT molecular complexity index is 453. The summed E-state index contributed by atoms with van der Waals surface area (Å²) in [6.07, 6.45) is 16.5. The molecule has 1 aliphatic rings. The summed E-state index contributed by atoms with van der Waals surface area (Å²) in [5.74, 6) is -0.198. The van der Waals surface area contributed by atoms with E-state index in [1.807, 2.05) is 12.2 Å². The van der Waals surface area contributed by atoms with Crippen LogP contribution in [0.15, 0.2) is 24.3 Å². The fraction of sp³-hybridized carbons (Fsp3) is 0.714. The first kappa shape index (κ1) is 21.6. The van der Waals surface area contributed by atoms with Gasteiger partial charge in [0.05, 0.1) is 13.2 Å². The quantitative estimate of drug-likeness (QED) is 0.322. The second-order valence-electron chi connectivity index (χ2n) is 6.87. The monoisotopic (exact) mass is 350 g/mol. The molecule has 0 unspecified atom stereocenters. The largest absolute Gasteiger partial charge is 0.469 e. The van der Waals surface area contributed by atoms with Gasteiger partial charge in [-0.2, -0.15) is 0 Å². The van der Waals surface area contributed by atoms with Crippen LogP contribution in [-0.2, 0) is 14.3 Å². The summed E-state index contributed by atoms with van der Waals surface area (Å²) in [7, 11) is 1.40. The number of hydrogen-bond acceptors (Lipinski definition) is 4. The molecule has 0 spiro atoms. The minimum Gasteiger partial charge on any atom is -0.469 e. The highest BCUT2D eigenvalue weighted by atomic mass is 16.5. The maximum atomic E-state index is 12.1. The van der Waals surface area contributed by atoms with Crippen molar-refractivity contribution >= 4 is 11.8 Å². The molecule has 0 aromatic carbocycles. The Hall–Kier alpha value is -1.42. The molecule has 0 heterocycles. The molecule has 0 saturated heterocycles. The highest BCUT2D eigenvalue weighted by Crippen LogP contribution is 2.33. The predicted molar refractivity (Wildman–Crippen MR) is 100 cm³/mol. The zero-order valence-electron chi connectivity index (χ0n) is 15.8. The Morgan fingerprint density at radius 3 is 2.64 bits per heavy atom. The van der Waals surface area contributed by atoms with Gasteiger partial charge < -0.3 is 9.84 Å². The highest BCUT2D eigenvalue weighted by molar-refractivity contribution is 5.84. The number of allylic oxidation sites excluding steroid dienone is 3. The number of ether oxygens (including phenoxy) is 1. The van der Waals surface area contributed by atoms with E-state index in [0.717, 1.165) is 19.3 Å². The van der Waals surface area contributed by atoms with Crippen LogP contribution in [0.4, 0.5) is 0 Å². The molecule has 1 saturated carbocycles. The highest BCUT2D eigenvalue weighted by Gasteiger charge is 2.38. The van der Waals surface area contributed by atoms with Crippen molar-refractivity contribution in [2.75, 3.05) is 7.11 Å². The average molecular weight is 350 g/mol. The minimum absolute atomic E-state index is 0.0570. The zero-order valence-corrected chi connectivity index (χ0v) is 15.8. The van der Waals surface area contributed by atoms with E-state index in [2.05, 4.69) is 23.8 Å². The third-order valence-electron chi connectivity index (χ3n) is 4.85. The lowest BCUT2D eigenvalue weighted by Gasteiger charge is -2.15. The lowest BCUT2D eigenvalue weighted by atomic mass is 9.90. The Balaban J connectivity index is 2.37. The first-order valence-electron chi connectivity index (χ1n) is 9.69. The Labute approximate surface area is 152 Å². The van der Waals surface area contributed by atoms with Crippen molar-refractivity contribution in [2.24, 2.45) is 11.8 Å². The van der Waals surface area contributed by atoms with E-state index in [-0.39, 0.29) is 30.0 Å². The minimum atomic E-state index is -0.544. The van der Waals surface area contributed by atoms with Crippen molar-refractivity contribution in [1.82, 2.24) is 0 Å². The van der Waals surface area contributed by atoms with Gasteiger partial charge in [-0.25, -0.2) is 0 Å². The standard InChI is InChI=1S/C21H34O4/c1-3-4-5-6-7-10-13-17-18(20(23)16-19(17)22)14-11-8-9-12-15-21(24)25-2/h8,10-11,13,17-19,22H,3-7,9,12,14-16H2,1-2H3/b11-8-,13-10+/t17-,18-,19-/m1/s1. The molecule has 142 valence electrons. The molecule has 1 fully saturated rings. The summed E-state index contributed by atoms with van der Waals surface area (Å²) in [6.45, 7) is 2.20. The molecule has 4 nitrogen and oxygen atoms in total. The molecule has 0 radical (unpaired) electrons. The fourth-order valence-corrected chi connectivity index (χ4v) is 3.30. The number of esters is 1. The lowest BCUT2D eigenvalue weighted by Crippen LogP contribution is -2.17. The van der Waals surface area contributed by atoms with Crippen molar-refractivity contribution in [3.8, 4) is 0 Å². The van der Waals surface area contributed by atoms with Crippen molar-refractivity contribution < 1.29 is 19.4 Å². The molecular weight excluding hydrogens is 316 g/mol. The molecule has 0 bridgehead atoms. The van der Waals surface area contributed by atoms with Gasteiger partial charge in [-0.15, -0.1) is 0 Å². The molecule has 4 heteroatoms. The first-order chi connectivity index (χ1) is 12.1. The van der Waals surface area contributed by atoms with Crippen LogP contribution in [0.3, 0.4) is 0 Å². The van der Waals surface area contributed by atoms with Crippen molar-refractivity contribution in [2.45, 2.75) is 77.2 Å². The topological polar surface area (TPSA) is 63.6 Å². The van der Waals surface area contributed by atoms with Gasteiger partial charge in [-0.05, 0) is 32.1 Å². The molecule has 0 amide bonds. The van der Waals surface area contributed by atoms with Gasteiger partial charge in [-0.3, -0.25) is 9.59 Å². The van der Waals surface area contributed by atoms with Crippen LogP contribution in [0.25, 0.3) is 0 Å². The number of rotatable bonds is 12. The second kappa shape index (κ2) is 12.9. The van der Waals surface area contributed by atoms with Gasteiger partial charge >= 0.3 is 5.97 Å². The van der Waals surface area contributed by atoms with Crippen LogP contribution >= 0.6 is 0 Å². The molecule has 1 N–H and O–H groups in total. The summed E-state index contributed by atoms with van der Waals surface area (Å²) in [5, 5.41) is 10.2. The number of aliphatic hydroxyl groups excluding tert-OH is 1. The zero-order chi connectivity index (χ0) is 18.5. The number of hydrogen-bond donors (Lipinski definition) is 1. The summed E-state index contributed by atoms with van der Waals surface area (Å²) in [4.78, 5) is 23.2. The third kappa shape index (κ3) is 8.48. The molecule has 0 aromatic rings. The van der Waals surface area contributed by atoms with Crippen LogP contribution < -0.4 is 0 Å². The fourth-order valence-electron chi connectivity index (χ4n) is 3.30. The van der Waals surface area contributed by atoms with Gasteiger partial charge in [0.1, 0.15) is 5.78 Å². The van der Waals surface area contributed by atoms with E-state index >= 15 is 0 Å². The summed E-state index contributed by atoms with van der Waals surface area (Å²) in [5.41, 5.74) is 0. The number of methoxy groups -OCH3 is 1. The van der Waals surface area contributed by atoms with E-state index in [0.29, 0.717) is 12.8 Å². The van der Waals surface area contributed by atoms with Crippen LogP contribution in [0, 0.1) is 11.8 Å². The van der Waals surface area contributed by atoms with Crippen LogP contribution in [0.5, 0.6) is 0 Å². The normalized spacial score (nSPS) is 23.8. The molecule has 1 aliphatic carbocycles. The van der Waals surface area contributed by atoms with Gasteiger partial charge in [0.15, 0.2) is 0 Å². The van der Waals surface area contributed by atoms with E-state index in [4.69, 9.17) is 0 Å². The van der Waals surface area contributed by atoms with E-state index in [9.17, 15) is 14.7 Å². The van der Waals surface area contributed by atoms with Crippen molar-refractivity contribution in [3.63, 3.8) is 0 Å². The first-order valence-corrected chi connectivity index (χ1v) is 9.69. The van der Waals surface area contributed by atoms with E-state index < -0.39 is 6.10 Å². The van der Waals surface area contributed by atoms with E-state index in [1.165, 1.54) is 32.8 Å². The van der Waals surface area contributed by atoms with Crippen LogP contribution in [-0.4, -0.2) is 30.1 Å². The summed E-state index contributed by atoms with van der Waals surface area (Å²) >= 11 is 0. The average Bonchev–Trinajstić information content (AvgIpc) is 2.87. The number of Topliss-reactive ketones (excluding diaryl/α,β-unsaturated/α-hetero) is 1. The van der Waals surface area contributed by atoms with Crippen molar-refractivity contribution in [3.05, 3.63) is 24.3 Å². The molecule has 0 aliphatic heterocycles. The van der Waals surface area contributed by atoms with Crippen LogP contribution in [0.2, 0.25) is 0 Å². The van der Waals surface area contributed by atoms with Crippen molar-refractivity contribution in [1.29, 1.82) is 0 Å². The van der Waals surface area contributed by atoms with Gasteiger partial charge in [0.25, 0.3) is 0 Å². The van der Waals surface area contributed by atoms with Crippen LogP contribution in [0.1, 0.15) is 71.1 Å². The van der Waals surface area contributed by atoms with Gasteiger partial charge in [0.2, 0.25) is 0 Å². The SMILES string of the molecule is CCCCCC/C=C/[C@H]1[C@H](O)CC(=O)[C@@H]1C/C=C\CCCC(=O)OC. The number of unbranched alkanes of at least 4 members (excludes halogenated alkanes) is 5. The number of aliphatic hydroxyl groups is 1. The molecule has 25 heavy (non-hydrogen) atoms. The van der Waals surface area contributed by atoms with Gasteiger partial charge in [-0.1, -0.05) is 50.5 Å². The smallest absolute Gasteiger partial charge is 0.305 e. The third-order valence-corrected chi connectivity index (χ3v) is 4.85. The maximum absolute atomic E-state index is 12.1. The summed E-state index contributed by atoms with van der Waals surface area (Å²) in [6, 6.07) is 0. The maximum Gasteiger partial charge on any atom is 0.305 e. The van der Waals surface area contributed by atoms with E-state index in [1.54, 1.807) is 0 Å². The Kier molecular flexibility index (Phi) is 11.1. The molecule has 0 aromatic heterocycles. The Morgan fingerprint density at radius 1 is 1.16 bits per heavy atom. The summed E-state index contributed by atoms with van der Waals surface area (Å²) < 4.78 is 4.60. The molecular formula is C21H34O4. The second-order valence-corrected chi connectivity index (χ2v) is 6.87. The Morgan fingerprint density at radius 2 is 1.92 bits per heavy atom. The van der Waals surface area contributed by atoms with Gasteiger partial charge in [0, 0.05) is 24.7 Å². The number of carbonyl (C=O) groups excluding carboxylic acids is 2. The number of carbonyl (C=O) groups is 2. The number of ketones is 1.